The maximum atomic E-state index is 6.19. The van der Waals surface area contributed by atoms with E-state index in [0.717, 1.165) is 29.9 Å². The lowest BCUT2D eigenvalue weighted by Gasteiger charge is -2.03. The van der Waals surface area contributed by atoms with Gasteiger partial charge in [-0.15, -0.1) is 11.3 Å². The molecule has 0 atom stereocenters. The number of anilines is 1. The summed E-state index contributed by atoms with van der Waals surface area (Å²) >= 11 is 1.71. The highest BCUT2D eigenvalue weighted by Gasteiger charge is 2.16. The molecule has 0 aliphatic rings. The standard InChI is InChI=1S/C17H19N3S/c1-12-5-3-6-13(11-12)8-9-14-16(15-7-4-10-21-15)17(18)20(2)19-14/h3-7,10-11H,8-9,18H2,1-2H3. The van der Waals surface area contributed by atoms with Crippen LogP contribution in [0, 0.1) is 6.92 Å². The van der Waals surface area contributed by atoms with Crippen molar-refractivity contribution in [1.82, 2.24) is 9.78 Å². The summed E-state index contributed by atoms with van der Waals surface area (Å²) in [5.74, 6) is 0.747. The Bertz CT molecular complexity index is 741. The molecule has 0 radical (unpaired) electrons. The van der Waals surface area contributed by atoms with E-state index < -0.39 is 0 Å². The first kappa shape index (κ1) is 13.9. The Labute approximate surface area is 129 Å². The highest BCUT2D eigenvalue weighted by Crippen LogP contribution is 2.33. The van der Waals surface area contributed by atoms with Crippen LogP contribution in [0.5, 0.6) is 0 Å². The fourth-order valence-corrected chi connectivity index (χ4v) is 3.39. The highest BCUT2D eigenvalue weighted by molar-refractivity contribution is 7.13. The van der Waals surface area contributed by atoms with Crippen molar-refractivity contribution in [1.29, 1.82) is 0 Å². The summed E-state index contributed by atoms with van der Waals surface area (Å²) in [6.07, 6.45) is 1.89. The lowest BCUT2D eigenvalue weighted by molar-refractivity contribution is 0.745. The second-order valence-electron chi connectivity index (χ2n) is 5.30. The number of nitrogens with zero attached hydrogens (tertiary/aromatic N) is 2. The number of benzene rings is 1. The zero-order chi connectivity index (χ0) is 14.8. The predicted octanol–water partition coefficient (Wildman–Crippen LogP) is 3.82. The van der Waals surface area contributed by atoms with E-state index in [4.69, 9.17) is 5.73 Å². The van der Waals surface area contributed by atoms with Crippen molar-refractivity contribution in [3.05, 3.63) is 58.6 Å². The van der Waals surface area contributed by atoms with Gasteiger partial charge in [0.1, 0.15) is 5.82 Å². The van der Waals surface area contributed by atoms with Gasteiger partial charge in [-0.1, -0.05) is 35.9 Å². The number of thiophene rings is 1. The average molecular weight is 297 g/mol. The molecule has 3 aromatic rings. The summed E-state index contributed by atoms with van der Waals surface area (Å²) in [5, 5.41) is 6.68. The smallest absolute Gasteiger partial charge is 0.130 e. The van der Waals surface area contributed by atoms with Crippen molar-refractivity contribution in [2.45, 2.75) is 19.8 Å². The molecule has 2 heterocycles. The van der Waals surface area contributed by atoms with E-state index >= 15 is 0 Å². The van der Waals surface area contributed by atoms with Gasteiger partial charge in [-0.2, -0.15) is 5.10 Å². The van der Waals surface area contributed by atoms with Crippen molar-refractivity contribution in [2.75, 3.05) is 5.73 Å². The molecule has 0 aliphatic carbocycles. The van der Waals surface area contributed by atoms with E-state index in [9.17, 15) is 0 Å². The molecule has 2 N–H and O–H groups in total. The van der Waals surface area contributed by atoms with Gasteiger partial charge in [-0.3, -0.25) is 4.68 Å². The Morgan fingerprint density at radius 3 is 2.76 bits per heavy atom. The molecule has 0 aliphatic heterocycles. The molecule has 21 heavy (non-hydrogen) atoms. The lowest BCUT2D eigenvalue weighted by Crippen LogP contribution is -1.98. The monoisotopic (exact) mass is 297 g/mol. The van der Waals surface area contributed by atoms with Gasteiger partial charge in [-0.25, -0.2) is 0 Å². The molecule has 0 saturated heterocycles. The number of hydrogen-bond donors (Lipinski definition) is 1. The minimum absolute atomic E-state index is 0.747. The van der Waals surface area contributed by atoms with Gasteiger partial charge < -0.3 is 5.73 Å². The zero-order valence-corrected chi connectivity index (χ0v) is 13.2. The maximum absolute atomic E-state index is 6.19. The number of rotatable bonds is 4. The molecule has 4 heteroatoms. The topological polar surface area (TPSA) is 43.8 Å². The molecule has 1 aromatic carbocycles. The van der Waals surface area contributed by atoms with Crippen LogP contribution in [0.15, 0.2) is 41.8 Å². The fourth-order valence-electron chi connectivity index (χ4n) is 2.59. The quantitative estimate of drug-likeness (QED) is 0.795. The molecule has 0 saturated carbocycles. The van der Waals surface area contributed by atoms with Gasteiger partial charge >= 0.3 is 0 Å². The van der Waals surface area contributed by atoms with Crippen LogP contribution in [0.1, 0.15) is 16.8 Å². The van der Waals surface area contributed by atoms with Gasteiger partial charge in [0.05, 0.1) is 11.3 Å². The minimum atomic E-state index is 0.747. The average Bonchev–Trinajstić information content (AvgIpc) is 3.06. The van der Waals surface area contributed by atoms with Crippen LogP contribution >= 0.6 is 11.3 Å². The second-order valence-corrected chi connectivity index (χ2v) is 6.24. The first-order valence-corrected chi connectivity index (χ1v) is 7.94. The summed E-state index contributed by atoms with van der Waals surface area (Å²) in [6, 6.07) is 12.8. The molecule has 0 amide bonds. The van der Waals surface area contributed by atoms with Gasteiger partial charge in [-0.05, 0) is 36.8 Å². The second kappa shape index (κ2) is 5.74. The molecule has 0 unspecified atom stereocenters. The third kappa shape index (κ3) is 2.85. The minimum Gasteiger partial charge on any atom is -0.383 e. The Kier molecular flexibility index (Phi) is 3.80. The number of aromatic nitrogens is 2. The summed E-state index contributed by atoms with van der Waals surface area (Å²) in [7, 11) is 1.91. The molecule has 3 nitrogen and oxygen atoms in total. The predicted molar refractivity (Wildman–Crippen MR) is 89.5 cm³/mol. The van der Waals surface area contributed by atoms with Crippen molar-refractivity contribution in [2.24, 2.45) is 7.05 Å². The number of nitrogens with two attached hydrogens (primary N) is 1. The van der Waals surface area contributed by atoms with Crippen LogP contribution in [-0.2, 0) is 19.9 Å². The number of nitrogen functional groups attached to an aromatic ring is 1. The maximum Gasteiger partial charge on any atom is 0.130 e. The van der Waals surface area contributed by atoms with Gasteiger partial charge in [0.25, 0.3) is 0 Å². The summed E-state index contributed by atoms with van der Waals surface area (Å²) in [6.45, 7) is 2.12. The molecule has 2 aromatic heterocycles. The van der Waals surface area contributed by atoms with E-state index in [2.05, 4.69) is 53.8 Å². The lowest BCUT2D eigenvalue weighted by atomic mass is 10.0. The molecule has 108 valence electrons. The summed E-state index contributed by atoms with van der Waals surface area (Å²) < 4.78 is 1.78. The van der Waals surface area contributed by atoms with Gasteiger partial charge in [0.2, 0.25) is 0 Å². The van der Waals surface area contributed by atoms with Crippen LogP contribution in [0.3, 0.4) is 0 Å². The van der Waals surface area contributed by atoms with Crippen LogP contribution in [0.4, 0.5) is 5.82 Å². The van der Waals surface area contributed by atoms with E-state index in [-0.39, 0.29) is 0 Å². The first-order valence-electron chi connectivity index (χ1n) is 7.06. The Hall–Kier alpha value is -2.07. The molecular formula is C17H19N3S. The van der Waals surface area contributed by atoms with E-state index in [1.165, 1.54) is 16.0 Å². The third-order valence-corrected chi connectivity index (χ3v) is 4.55. The highest BCUT2D eigenvalue weighted by atomic mass is 32.1. The molecule has 0 spiro atoms. The van der Waals surface area contributed by atoms with Crippen molar-refractivity contribution in [3.63, 3.8) is 0 Å². The summed E-state index contributed by atoms with van der Waals surface area (Å²) in [5.41, 5.74) is 11.0. The Balaban J connectivity index is 1.88. The first-order chi connectivity index (χ1) is 10.1. The van der Waals surface area contributed by atoms with E-state index in [0.29, 0.717) is 0 Å². The molecule has 0 bridgehead atoms. The molecule has 0 fully saturated rings. The summed E-state index contributed by atoms with van der Waals surface area (Å²) in [4.78, 5) is 1.19. The third-order valence-electron chi connectivity index (χ3n) is 3.66. The van der Waals surface area contributed by atoms with Crippen molar-refractivity contribution >= 4 is 17.2 Å². The number of aryl methyl sites for hydroxylation is 4. The SMILES string of the molecule is Cc1cccc(CCc2nn(C)c(N)c2-c2cccs2)c1. The molecular weight excluding hydrogens is 278 g/mol. The van der Waals surface area contributed by atoms with Gasteiger partial charge in [0, 0.05) is 11.9 Å². The fraction of sp³-hybridized carbons (Fsp3) is 0.235. The Morgan fingerprint density at radius 2 is 2.05 bits per heavy atom. The van der Waals surface area contributed by atoms with Crippen LogP contribution in [0.2, 0.25) is 0 Å². The normalized spacial score (nSPS) is 11.0. The van der Waals surface area contributed by atoms with E-state index in [1.807, 2.05) is 7.05 Å². The Morgan fingerprint density at radius 1 is 1.19 bits per heavy atom. The van der Waals surface area contributed by atoms with Crippen LogP contribution in [-0.4, -0.2) is 9.78 Å². The van der Waals surface area contributed by atoms with Gasteiger partial charge in [0.15, 0.2) is 0 Å². The zero-order valence-electron chi connectivity index (χ0n) is 12.3. The van der Waals surface area contributed by atoms with E-state index in [1.54, 1.807) is 16.0 Å². The largest absolute Gasteiger partial charge is 0.383 e. The van der Waals surface area contributed by atoms with Crippen LogP contribution in [0.25, 0.3) is 10.4 Å². The van der Waals surface area contributed by atoms with Crippen molar-refractivity contribution < 1.29 is 0 Å². The van der Waals surface area contributed by atoms with Crippen LogP contribution < -0.4 is 5.73 Å². The van der Waals surface area contributed by atoms with Crippen molar-refractivity contribution in [3.8, 4) is 10.4 Å². The molecule has 3 rings (SSSR count). The number of hydrogen-bond acceptors (Lipinski definition) is 3.